The number of carbonyl (C=O) groups is 1. The highest BCUT2D eigenvalue weighted by atomic mass is 32.2. The Hall–Kier alpha value is -4.73. The van der Waals surface area contributed by atoms with Gasteiger partial charge in [0.2, 0.25) is 10.0 Å². The summed E-state index contributed by atoms with van der Waals surface area (Å²) >= 11 is 0. The summed E-state index contributed by atoms with van der Waals surface area (Å²) in [6, 6.07) is 19.2. The van der Waals surface area contributed by atoms with Gasteiger partial charge in [0, 0.05) is 30.1 Å². The third-order valence-electron chi connectivity index (χ3n) is 5.74. The molecule has 4 rings (SSSR count). The number of amides is 1. The monoisotopic (exact) mass is 550 g/mol. The molecular weight excluding hydrogens is 524 g/mol. The summed E-state index contributed by atoms with van der Waals surface area (Å²) in [6.07, 6.45) is 0.294. The molecule has 1 amide bonds. The molecule has 0 radical (unpaired) electrons. The van der Waals surface area contributed by atoms with E-state index < -0.39 is 22.7 Å². The fourth-order valence-corrected chi connectivity index (χ4v) is 4.89. The second-order valence-electron chi connectivity index (χ2n) is 8.37. The standard InChI is InChI=1S/C27H26N4O7S/c1-29-27(33)38-26-21-14-24(36-2)22(31(11-12-32)39(3,34)35)15-23(21)37-25(26)18-7-9-19(10-8-18)30-20-6-4-5-17(13-20)16-28/h4-10,13-15,30,32H,11-12H2,1-3H3,(H,29,33). The maximum absolute atomic E-state index is 12.4. The minimum absolute atomic E-state index is 0.115. The van der Waals surface area contributed by atoms with E-state index in [1.165, 1.54) is 26.3 Å². The van der Waals surface area contributed by atoms with E-state index in [0.717, 1.165) is 21.9 Å². The van der Waals surface area contributed by atoms with Crippen LogP contribution in [0.15, 0.2) is 65.1 Å². The van der Waals surface area contributed by atoms with Crippen LogP contribution in [-0.2, 0) is 10.0 Å². The minimum atomic E-state index is -3.76. The molecule has 0 spiro atoms. The van der Waals surface area contributed by atoms with Crippen LogP contribution in [0, 0.1) is 11.3 Å². The van der Waals surface area contributed by atoms with Crippen molar-refractivity contribution in [2.24, 2.45) is 0 Å². The number of rotatable bonds is 9. The highest BCUT2D eigenvalue weighted by Crippen LogP contribution is 2.45. The van der Waals surface area contributed by atoms with Gasteiger partial charge in [-0.3, -0.25) is 4.31 Å². The molecule has 3 aromatic carbocycles. The van der Waals surface area contributed by atoms with E-state index >= 15 is 0 Å². The quantitative estimate of drug-likeness (QED) is 0.278. The lowest BCUT2D eigenvalue weighted by molar-refractivity contribution is 0.203. The summed E-state index contributed by atoms with van der Waals surface area (Å²) in [5.41, 5.74) is 2.99. The van der Waals surface area contributed by atoms with E-state index in [1.807, 2.05) is 6.07 Å². The first-order chi connectivity index (χ1) is 18.7. The molecule has 0 saturated carbocycles. The molecule has 0 aliphatic carbocycles. The van der Waals surface area contributed by atoms with Gasteiger partial charge in [-0.25, -0.2) is 13.2 Å². The van der Waals surface area contributed by atoms with Gasteiger partial charge in [-0.1, -0.05) is 6.07 Å². The van der Waals surface area contributed by atoms with Gasteiger partial charge in [-0.2, -0.15) is 5.26 Å². The fraction of sp³-hybridized carbons (Fsp3) is 0.185. The lowest BCUT2D eigenvalue weighted by Gasteiger charge is -2.23. The lowest BCUT2D eigenvalue weighted by Crippen LogP contribution is -2.32. The Labute approximate surface area is 225 Å². The predicted octanol–water partition coefficient (Wildman–Crippen LogP) is 4.20. The van der Waals surface area contributed by atoms with Crippen molar-refractivity contribution in [2.75, 3.05) is 43.2 Å². The smallest absolute Gasteiger partial charge is 0.412 e. The molecular formula is C27H26N4O7S. The van der Waals surface area contributed by atoms with Crippen LogP contribution in [0.3, 0.4) is 0 Å². The third kappa shape index (κ3) is 5.90. The van der Waals surface area contributed by atoms with Crippen LogP contribution in [0.2, 0.25) is 0 Å². The SMILES string of the molecule is CNC(=O)Oc1c(-c2ccc(Nc3cccc(C#N)c3)cc2)oc2cc(N(CCO)S(C)(=O)=O)c(OC)cc12. The van der Waals surface area contributed by atoms with E-state index in [-0.39, 0.29) is 35.1 Å². The Bertz CT molecular complexity index is 1660. The first-order valence-corrected chi connectivity index (χ1v) is 13.5. The molecule has 0 aliphatic rings. The van der Waals surface area contributed by atoms with E-state index in [4.69, 9.17) is 19.2 Å². The van der Waals surface area contributed by atoms with Crippen molar-refractivity contribution in [1.82, 2.24) is 5.32 Å². The summed E-state index contributed by atoms with van der Waals surface area (Å²) in [7, 11) is -0.966. The molecule has 39 heavy (non-hydrogen) atoms. The van der Waals surface area contributed by atoms with Crippen LogP contribution in [0.5, 0.6) is 11.5 Å². The Morgan fingerprint density at radius 2 is 1.87 bits per heavy atom. The van der Waals surface area contributed by atoms with Crippen LogP contribution in [0.1, 0.15) is 5.56 Å². The highest BCUT2D eigenvalue weighted by molar-refractivity contribution is 7.92. The minimum Gasteiger partial charge on any atom is -0.495 e. The first kappa shape index (κ1) is 27.3. The molecule has 12 heteroatoms. The number of fused-ring (bicyclic) bond motifs is 1. The number of nitriles is 1. The van der Waals surface area contributed by atoms with Crippen molar-refractivity contribution in [1.29, 1.82) is 5.26 Å². The predicted molar refractivity (Wildman–Crippen MR) is 147 cm³/mol. The summed E-state index contributed by atoms with van der Waals surface area (Å²) < 4.78 is 43.0. The van der Waals surface area contributed by atoms with Crippen LogP contribution in [0.25, 0.3) is 22.3 Å². The molecule has 202 valence electrons. The van der Waals surface area contributed by atoms with Gasteiger partial charge in [0.1, 0.15) is 11.3 Å². The molecule has 0 bridgehead atoms. The van der Waals surface area contributed by atoms with Gasteiger partial charge >= 0.3 is 6.09 Å². The summed E-state index contributed by atoms with van der Waals surface area (Å²) in [5.74, 6) is 0.526. The van der Waals surface area contributed by atoms with E-state index in [9.17, 15) is 18.3 Å². The van der Waals surface area contributed by atoms with E-state index in [2.05, 4.69) is 16.7 Å². The average Bonchev–Trinajstić information content (AvgIpc) is 3.27. The maximum atomic E-state index is 12.4. The van der Waals surface area contributed by atoms with Crippen molar-refractivity contribution < 1.29 is 32.2 Å². The number of carbonyl (C=O) groups excluding carboxylic acids is 1. The van der Waals surface area contributed by atoms with Crippen LogP contribution < -0.4 is 24.4 Å². The number of anilines is 3. The zero-order valence-electron chi connectivity index (χ0n) is 21.4. The Morgan fingerprint density at radius 1 is 1.13 bits per heavy atom. The van der Waals surface area contributed by atoms with E-state index in [1.54, 1.807) is 42.5 Å². The zero-order chi connectivity index (χ0) is 28.2. The number of aliphatic hydroxyl groups excluding tert-OH is 1. The third-order valence-corrected chi connectivity index (χ3v) is 6.92. The number of nitrogens with one attached hydrogen (secondary N) is 2. The normalized spacial score (nSPS) is 11.1. The molecule has 0 saturated heterocycles. The van der Waals surface area contributed by atoms with Gasteiger partial charge in [0.15, 0.2) is 11.5 Å². The number of ether oxygens (including phenoxy) is 2. The molecule has 0 unspecified atom stereocenters. The average molecular weight is 551 g/mol. The van der Waals surface area contributed by atoms with Gasteiger partial charge < -0.3 is 29.6 Å². The van der Waals surface area contributed by atoms with E-state index in [0.29, 0.717) is 16.5 Å². The van der Waals surface area contributed by atoms with Crippen LogP contribution in [0.4, 0.5) is 21.9 Å². The number of nitrogens with zero attached hydrogens (tertiary/aromatic N) is 2. The molecule has 0 aliphatic heterocycles. The van der Waals surface area contributed by atoms with Crippen molar-refractivity contribution in [3.63, 3.8) is 0 Å². The topological polar surface area (TPSA) is 154 Å². The van der Waals surface area contributed by atoms with Gasteiger partial charge in [-0.15, -0.1) is 0 Å². The van der Waals surface area contributed by atoms with Gasteiger partial charge in [0.25, 0.3) is 0 Å². The second-order valence-corrected chi connectivity index (χ2v) is 10.3. The van der Waals surface area contributed by atoms with Gasteiger partial charge in [0.05, 0.1) is 49.2 Å². The number of aliphatic hydroxyl groups is 1. The second kappa shape index (κ2) is 11.3. The molecule has 4 aromatic rings. The fourth-order valence-electron chi connectivity index (χ4n) is 3.98. The highest BCUT2D eigenvalue weighted by Gasteiger charge is 2.26. The number of sulfonamides is 1. The van der Waals surface area contributed by atoms with Gasteiger partial charge in [-0.05, 0) is 48.5 Å². The maximum Gasteiger partial charge on any atom is 0.412 e. The molecule has 0 atom stereocenters. The summed E-state index contributed by atoms with van der Waals surface area (Å²) in [5, 5.41) is 24.6. The molecule has 1 aromatic heterocycles. The number of methoxy groups -OCH3 is 1. The van der Waals surface area contributed by atoms with Crippen molar-refractivity contribution in [3.8, 4) is 28.9 Å². The first-order valence-electron chi connectivity index (χ1n) is 11.7. The largest absolute Gasteiger partial charge is 0.495 e. The molecule has 11 nitrogen and oxygen atoms in total. The zero-order valence-corrected chi connectivity index (χ0v) is 22.2. The number of furan rings is 1. The Balaban J connectivity index is 1.80. The Morgan fingerprint density at radius 3 is 2.49 bits per heavy atom. The molecule has 0 fully saturated rings. The van der Waals surface area contributed by atoms with Crippen molar-refractivity contribution in [3.05, 3.63) is 66.2 Å². The van der Waals surface area contributed by atoms with Crippen molar-refractivity contribution in [2.45, 2.75) is 0 Å². The van der Waals surface area contributed by atoms with Crippen LogP contribution >= 0.6 is 0 Å². The molecule has 3 N–H and O–H groups in total. The Kier molecular flexibility index (Phi) is 7.94. The van der Waals surface area contributed by atoms with Crippen molar-refractivity contribution >= 4 is 44.1 Å². The summed E-state index contributed by atoms with van der Waals surface area (Å²) in [6.45, 7) is -0.606. The number of hydrogen-bond acceptors (Lipinski definition) is 9. The lowest BCUT2D eigenvalue weighted by atomic mass is 10.1. The number of benzene rings is 3. The van der Waals surface area contributed by atoms with Crippen LogP contribution in [-0.4, -0.2) is 53.2 Å². The summed E-state index contributed by atoms with van der Waals surface area (Å²) in [4.78, 5) is 12.2. The molecule has 1 heterocycles. The number of hydrogen-bond donors (Lipinski definition) is 3.